The molecule has 8 aliphatic rings. The van der Waals surface area contributed by atoms with Crippen LogP contribution in [0.4, 0.5) is 22.4 Å². The normalized spacial score (nSPS) is 22.8. The molecule has 0 spiro atoms. The van der Waals surface area contributed by atoms with E-state index in [4.69, 9.17) is 32.2 Å². The van der Waals surface area contributed by atoms with Gasteiger partial charge in [-0.25, -0.2) is 27.2 Å². The summed E-state index contributed by atoms with van der Waals surface area (Å²) >= 11 is 0. The molecule has 0 radical (unpaired) electrons. The number of halogens is 5. The fourth-order valence-corrected chi connectivity index (χ4v) is 21.0. The predicted octanol–water partition coefficient (Wildman–Crippen LogP) is 19.4. The number of aromatic amines is 4. The van der Waals surface area contributed by atoms with Crippen molar-refractivity contribution in [1.29, 1.82) is 0 Å². The van der Waals surface area contributed by atoms with Crippen LogP contribution in [0.25, 0.3) is 88.1 Å². The number of carbonyl (C=O) groups is 5. The lowest BCUT2D eigenvalue weighted by molar-refractivity contribution is 0.0690. The number of hydrogen-bond acceptors (Lipinski definition) is 14. The quantitative estimate of drug-likeness (QED) is 0.0355. The second kappa shape index (κ2) is 47.6. The van der Waals surface area contributed by atoms with Crippen LogP contribution in [0.1, 0.15) is 183 Å². The lowest BCUT2D eigenvalue weighted by Crippen LogP contribution is -2.44. The van der Waals surface area contributed by atoms with Crippen LogP contribution in [0, 0.1) is 29.2 Å². The molecule has 138 heavy (non-hydrogen) atoms. The van der Waals surface area contributed by atoms with Gasteiger partial charge in [-0.3, -0.25) is 34.0 Å². The summed E-state index contributed by atoms with van der Waals surface area (Å²) in [7, 11) is 1.00. The molecule has 8 heterocycles. The Bertz CT molecular complexity index is 5780. The molecule has 4 atom stereocenters. The minimum Gasteiger partial charge on any atom is -0.477 e. The molecular weight excluding hydrogens is 1770 g/mol. The number of aromatic carboxylic acids is 1. The number of nitrogens with two attached hydrogens (primary N) is 3. The van der Waals surface area contributed by atoms with Gasteiger partial charge >= 0.3 is 12.1 Å². The van der Waals surface area contributed by atoms with E-state index >= 15 is 0 Å². The highest BCUT2D eigenvalue weighted by Gasteiger charge is 2.37. The third-order valence-electron chi connectivity index (χ3n) is 28.9. The van der Waals surface area contributed by atoms with Crippen LogP contribution < -0.4 is 38.5 Å². The van der Waals surface area contributed by atoms with Crippen molar-refractivity contribution in [3.05, 3.63) is 276 Å². The van der Waals surface area contributed by atoms with Gasteiger partial charge in [0.1, 0.15) is 52.7 Å². The van der Waals surface area contributed by atoms with Gasteiger partial charge in [0.15, 0.2) is 0 Å². The van der Waals surface area contributed by atoms with Crippen molar-refractivity contribution in [2.24, 2.45) is 23.1 Å². The van der Waals surface area contributed by atoms with Crippen molar-refractivity contribution < 1.29 is 56.5 Å². The molecule has 21 rings (SSSR count). The Morgan fingerprint density at radius 2 is 0.623 bits per heavy atom. The number of likely N-dealkylation sites (tertiary alicyclic amines) is 4. The van der Waals surface area contributed by atoms with Gasteiger partial charge in [-0.15, -0.1) is 12.4 Å². The molecule has 4 aliphatic heterocycles. The molecule has 16 N–H and O–H groups in total. The molecule has 4 saturated carbocycles. The molecule has 13 aromatic rings. The van der Waals surface area contributed by atoms with E-state index in [1.54, 1.807) is 54.6 Å². The number of carboxylic acid groups (broad SMARTS) is 1. The number of ether oxygens (including phenoxy) is 1. The molecular formula is C110H130ClF4N15O8. The molecule has 9 aromatic carbocycles. The van der Waals surface area contributed by atoms with E-state index in [9.17, 15) is 41.5 Å². The average Bonchev–Trinajstić information content (AvgIpc) is 1.66. The molecule has 0 bridgehead atoms. The number of H-pyrrole nitrogens is 4. The van der Waals surface area contributed by atoms with Crippen LogP contribution in [-0.4, -0.2) is 205 Å². The number of nitrogens with zero attached hydrogens (tertiary/aromatic N) is 4. The van der Waals surface area contributed by atoms with Crippen molar-refractivity contribution in [1.82, 2.24) is 60.8 Å². The summed E-state index contributed by atoms with van der Waals surface area (Å²) in [4.78, 5) is 84.2. The van der Waals surface area contributed by atoms with Gasteiger partial charge in [-0.2, -0.15) is 0 Å². The van der Waals surface area contributed by atoms with Crippen LogP contribution in [0.15, 0.2) is 224 Å². The topological polar surface area (TPSA) is 337 Å². The Kier molecular flexibility index (Phi) is 34.6. The highest BCUT2D eigenvalue weighted by atomic mass is 35.5. The molecule has 0 unspecified atom stereocenters. The average molecular weight is 1900 g/mol. The Hall–Kier alpha value is -12.0. The number of rotatable bonds is 18. The maximum absolute atomic E-state index is 13.2. The lowest BCUT2D eigenvalue weighted by atomic mass is 9.87. The zero-order valence-corrected chi connectivity index (χ0v) is 79.4. The van der Waals surface area contributed by atoms with Gasteiger partial charge in [0.2, 0.25) is 0 Å². The van der Waals surface area contributed by atoms with E-state index in [1.807, 2.05) is 121 Å². The standard InChI is InChI=1S/C26H30FN3O.2C25H29FN4O.C18H27N3O2.C15H10FNO2.CH4O.ClH/c1-17-2-10-23(11-3-17)30-13-12-22(16-30)28-26(31)25-15-20-5-4-19(14-24(20)29-25)18-6-8-21(27)9-7-18;2*26-19-5-3-16(4-6-19)17-1-2-18-14-24(29-23(18)13-17)25(31)28-21-11-12-30(15-21)22-9-7-20(27)8-10-22;19-15-10-11-21(12-15)17-8-6-16(7-9-17)20-18(22)23-13-14-4-2-1-3-5-14;16-12-5-3-9(4-6-12)10-1-2-11-8-14(15(18)19)17-13(11)7-10;1-2;/h4-9,14-15,17,22-23,29H,2-3,10-13,16H2,1H3,(H,28,31);2*1-6,13-14,20-22,29H,7-12,15,27H2,(H,28,31);1-5,15-17H,6-13,19H2,(H,20,22);1-8,17H,(H,18,19);2H,1H3;1H/t17?,22-,23?;2*20?,21-,22?;15-,16?,17?;;;/m0000.../s1. The van der Waals surface area contributed by atoms with E-state index < -0.39 is 5.97 Å². The highest BCUT2D eigenvalue weighted by molar-refractivity contribution is 6.02. The molecule has 4 amide bonds. The van der Waals surface area contributed by atoms with Gasteiger partial charge in [-0.1, -0.05) is 134 Å². The highest BCUT2D eigenvalue weighted by Crippen LogP contribution is 2.36. The van der Waals surface area contributed by atoms with E-state index in [-0.39, 0.29) is 89.4 Å². The van der Waals surface area contributed by atoms with Crippen LogP contribution in [0.5, 0.6) is 0 Å². The van der Waals surface area contributed by atoms with Crippen molar-refractivity contribution in [3.8, 4) is 44.5 Å². The number of carboxylic acids is 1. The molecule has 23 nitrogen and oxygen atoms in total. The monoisotopic (exact) mass is 1900 g/mol. The summed E-state index contributed by atoms with van der Waals surface area (Å²) < 4.78 is 57.8. The largest absolute Gasteiger partial charge is 0.477 e. The molecule has 4 aliphatic carbocycles. The van der Waals surface area contributed by atoms with Gasteiger partial charge in [-0.05, 0) is 281 Å². The summed E-state index contributed by atoms with van der Waals surface area (Å²) in [5, 5.41) is 32.4. The van der Waals surface area contributed by atoms with Crippen molar-refractivity contribution in [2.75, 3.05) is 59.5 Å². The third kappa shape index (κ3) is 26.7. The Morgan fingerprint density at radius 3 is 0.942 bits per heavy atom. The minimum absolute atomic E-state index is 0. The number of aliphatic hydroxyl groups is 1. The summed E-state index contributed by atoms with van der Waals surface area (Å²) in [5.41, 5.74) is 32.0. The summed E-state index contributed by atoms with van der Waals surface area (Å²) in [5.74, 6) is -1.30. The first-order chi connectivity index (χ1) is 66.5. The van der Waals surface area contributed by atoms with Gasteiger partial charge < -0.3 is 73.4 Å². The van der Waals surface area contributed by atoms with Gasteiger partial charge in [0, 0.05) is 170 Å². The fourth-order valence-electron chi connectivity index (χ4n) is 21.0. The predicted molar refractivity (Wildman–Crippen MR) is 541 cm³/mol. The number of fused-ring (bicyclic) bond motifs is 4. The number of nitrogens with one attached hydrogen (secondary N) is 8. The van der Waals surface area contributed by atoms with E-state index in [2.05, 4.69) is 67.7 Å². The van der Waals surface area contributed by atoms with E-state index in [1.165, 1.54) is 99.9 Å². The maximum atomic E-state index is 13.2. The number of amides is 4. The van der Waals surface area contributed by atoms with Gasteiger partial charge in [0.25, 0.3) is 17.7 Å². The van der Waals surface area contributed by atoms with E-state index in [0.717, 1.165) is 236 Å². The van der Waals surface area contributed by atoms with Crippen molar-refractivity contribution >= 4 is 85.8 Å². The maximum Gasteiger partial charge on any atom is 0.407 e. The first-order valence-electron chi connectivity index (χ1n) is 48.8. The zero-order valence-electron chi connectivity index (χ0n) is 78.6. The Labute approximate surface area is 810 Å². The number of hydrogen-bond donors (Lipinski definition) is 13. The van der Waals surface area contributed by atoms with Crippen LogP contribution in [0.3, 0.4) is 0 Å². The van der Waals surface area contributed by atoms with Crippen LogP contribution >= 0.6 is 12.4 Å². The summed E-state index contributed by atoms with van der Waals surface area (Å²) in [6.45, 7) is 10.8. The first kappa shape index (κ1) is 100. The number of aliphatic hydroxyl groups excluding tert-OH is 1. The van der Waals surface area contributed by atoms with Gasteiger partial charge in [0.05, 0.1) is 0 Å². The zero-order chi connectivity index (χ0) is 95.6. The molecule has 8 fully saturated rings. The smallest absolute Gasteiger partial charge is 0.407 e. The second-order valence-electron chi connectivity index (χ2n) is 38.4. The molecule has 4 saturated heterocycles. The molecule has 728 valence electrons. The van der Waals surface area contributed by atoms with E-state index in [0.29, 0.717) is 66.0 Å². The Balaban J connectivity index is 0.000000131. The Morgan fingerprint density at radius 1 is 0.333 bits per heavy atom. The number of benzene rings is 9. The molecule has 4 aromatic heterocycles. The first-order valence-corrected chi connectivity index (χ1v) is 48.8. The third-order valence-corrected chi connectivity index (χ3v) is 28.9. The lowest BCUT2D eigenvalue weighted by Gasteiger charge is -2.34. The number of aromatic nitrogens is 4. The second-order valence-corrected chi connectivity index (χ2v) is 38.4. The number of carbonyl (C=O) groups excluding carboxylic acids is 4. The fraction of sp³-hybridized carbons (Fsp3) is 0.391. The molecule has 28 heteroatoms. The SMILES string of the molecule is CC1CCC(N2CC[C@H](NC(=O)c3cc4ccc(-c5ccc(F)cc5)cc4[nH]3)C2)CC1.CO.Cl.NC1CCC(N2CC[C@H](NC(=O)c3cc4ccc(-c5ccc(F)cc5)cc4[nH]3)C2)CC1.NC1CCC(N2CC[C@H](NC(=O)c3cc4ccc(-c5ccc(F)cc5)cc4[nH]3)C2)CC1.N[C@H]1CCN(C2CCC(NC(=O)OCc3ccccc3)CC2)C1.O=C(O)c1cc2ccc(-c3ccc(F)cc3)cc2[nH]1. The van der Waals surface area contributed by atoms with Crippen LogP contribution in [0.2, 0.25) is 0 Å². The summed E-state index contributed by atoms with van der Waals surface area (Å²) in [6.07, 6.45) is 22.5. The van der Waals surface area contributed by atoms with Crippen molar-refractivity contribution in [3.63, 3.8) is 0 Å². The summed E-state index contributed by atoms with van der Waals surface area (Å²) in [6, 6.07) is 70.6. The van der Waals surface area contributed by atoms with Crippen LogP contribution in [-0.2, 0) is 11.3 Å². The van der Waals surface area contributed by atoms with Crippen molar-refractivity contribution in [2.45, 2.75) is 208 Å². The minimum atomic E-state index is -0.987. The number of alkyl carbamates (subject to hydrolysis) is 1.